The molecule has 2 heterocycles. The Morgan fingerprint density at radius 2 is 2.29 bits per heavy atom. The predicted molar refractivity (Wildman–Crippen MR) is 55.7 cm³/mol. The van der Waals surface area contributed by atoms with Crippen molar-refractivity contribution in [2.24, 2.45) is 4.99 Å². The van der Waals surface area contributed by atoms with E-state index >= 15 is 0 Å². The highest BCUT2D eigenvalue weighted by atomic mass is 35.5. The van der Waals surface area contributed by atoms with E-state index in [2.05, 4.69) is 4.99 Å². The Balaban J connectivity index is 2.39. The van der Waals surface area contributed by atoms with Crippen LogP contribution in [0.5, 0.6) is 0 Å². The summed E-state index contributed by atoms with van der Waals surface area (Å²) in [6, 6.07) is 3.63. The second-order valence-corrected chi connectivity index (χ2v) is 4.29. The summed E-state index contributed by atoms with van der Waals surface area (Å²) in [4.78, 5) is 15.8. The molecule has 0 N–H and O–H groups in total. The molecule has 2 rings (SSSR count). The second-order valence-electron chi connectivity index (χ2n) is 2.39. The Morgan fingerprint density at radius 1 is 1.50 bits per heavy atom. The van der Waals surface area contributed by atoms with E-state index in [1.54, 1.807) is 6.07 Å². The molecule has 1 aromatic heterocycles. The van der Waals surface area contributed by atoms with Crippen molar-refractivity contribution in [3.8, 4) is 0 Å². The van der Waals surface area contributed by atoms with Crippen molar-refractivity contribution in [1.29, 1.82) is 0 Å². The van der Waals surface area contributed by atoms with Crippen molar-refractivity contribution in [2.75, 3.05) is 0 Å². The van der Waals surface area contributed by atoms with E-state index in [4.69, 9.17) is 27.9 Å². The van der Waals surface area contributed by atoms with Crippen molar-refractivity contribution < 1.29 is 9.53 Å². The normalized spacial score (nSPS) is 15.4. The van der Waals surface area contributed by atoms with Crippen molar-refractivity contribution in [2.45, 2.75) is 0 Å². The van der Waals surface area contributed by atoms with Crippen LogP contribution in [-0.4, -0.2) is 11.9 Å². The number of esters is 1. The standard InChI is InChI=1S/C8H3Cl2NO2S/c9-6(10)5-8(12)13-7(11-5)4-2-1-3-14-4/h1-3H. The number of halogens is 2. The van der Waals surface area contributed by atoms with Gasteiger partial charge >= 0.3 is 5.97 Å². The van der Waals surface area contributed by atoms with E-state index < -0.39 is 5.97 Å². The maximum atomic E-state index is 11.2. The van der Waals surface area contributed by atoms with Gasteiger partial charge < -0.3 is 4.74 Å². The van der Waals surface area contributed by atoms with Gasteiger partial charge in [-0.1, -0.05) is 29.3 Å². The maximum Gasteiger partial charge on any atom is 0.366 e. The van der Waals surface area contributed by atoms with Gasteiger partial charge in [0.05, 0.1) is 4.88 Å². The summed E-state index contributed by atoms with van der Waals surface area (Å²) < 4.78 is 4.70. The van der Waals surface area contributed by atoms with Crippen LogP contribution < -0.4 is 0 Å². The van der Waals surface area contributed by atoms with Gasteiger partial charge in [0.25, 0.3) is 0 Å². The molecule has 0 amide bonds. The van der Waals surface area contributed by atoms with Crippen molar-refractivity contribution in [1.82, 2.24) is 0 Å². The number of rotatable bonds is 1. The van der Waals surface area contributed by atoms with Gasteiger partial charge in [-0.2, -0.15) is 0 Å². The molecule has 0 aromatic carbocycles. The topological polar surface area (TPSA) is 38.7 Å². The van der Waals surface area contributed by atoms with E-state index in [1.807, 2.05) is 11.4 Å². The number of cyclic esters (lactones) is 1. The summed E-state index contributed by atoms with van der Waals surface area (Å²) >= 11 is 12.3. The lowest BCUT2D eigenvalue weighted by Crippen LogP contribution is -2.03. The number of nitrogens with zero attached hydrogens (tertiary/aromatic N) is 1. The summed E-state index contributed by atoms with van der Waals surface area (Å²) in [5.41, 5.74) is -0.0447. The van der Waals surface area contributed by atoms with Crippen molar-refractivity contribution in [3.05, 3.63) is 32.6 Å². The average molecular weight is 248 g/mol. The quantitative estimate of drug-likeness (QED) is 0.566. The predicted octanol–water partition coefficient (Wildman–Crippen LogP) is 2.70. The van der Waals surface area contributed by atoms with E-state index in [-0.39, 0.29) is 16.1 Å². The summed E-state index contributed by atoms with van der Waals surface area (Å²) in [7, 11) is 0. The maximum absolute atomic E-state index is 11.2. The zero-order chi connectivity index (χ0) is 10.1. The summed E-state index contributed by atoms with van der Waals surface area (Å²) in [6.07, 6.45) is 0. The molecule has 72 valence electrons. The van der Waals surface area contributed by atoms with E-state index in [9.17, 15) is 4.79 Å². The lowest BCUT2D eigenvalue weighted by Gasteiger charge is -1.92. The van der Waals surface area contributed by atoms with Crippen LogP contribution in [0.25, 0.3) is 0 Å². The number of thiophene rings is 1. The molecule has 6 heteroatoms. The minimum absolute atomic E-state index is 0.0447. The smallest absolute Gasteiger partial charge is 0.366 e. The molecule has 1 aromatic rings. The van der Waals surface area contributed by atoms with Crippen LogP contribution in [0.2, 0.25) is 0 Å². The van der Waals surface area contributed by atoms with Crippen LogP contribution in [0.15, 0.2) is 32.7 Å². The van der Waals surface area contributed by atoms with Crippen LogP contribution in [0.4, 0.5) is 0 Å². The third-order valence-electron chi connectivity index (χ3n) is 1.51. The van der Waals surface area contributed by atoms with E-state index in [0.29, 0.717) is 0 Å². The molecule has 0 saturated heterocycles. The van der Waals surface area contributed by atoms with Crippen molar-refractivity contribution in [3.63, 3.8) is 0 Å². The van der Waals surface area contributed by atoms with Crippen LogP contribution in [0.3, 0.4) is 0 Å². The van der Waals surface area contributed by atoms with E-state index in [1.165, 1.54) is 11.3 Å². The second kappa shape index (κ2) is 3.73. The fourth-order valence-electron chi connectivity index (χ4n) is 0.931. The summed E-state index contributed by atoms with van der Waals surface area (Å²) in [5, 5.41) is 1.86. The molecule has 0 atom stereocenters. The molecule has 0 unspecified atom stereocenters. The average Bonchev–Trinajstić information content (AvgIpc) is 2.70. The molecule has 14 heavy (non-hydrogen) atoms. The van der Waals surface area contributed by atoms with Crippen molar-refractivity contribution >= 4 is 46.4 Å². The summed E-state index contributed by atoms with van der Waals surface area (Å²) in [6.45, 7) is 0. The van der Waals surface area contributed by atoms with Gasteiger partial charge in [0.2, 0.25) is 5.90 Å². The Morgan fingerprint density at radius 3 is 2.79 bits per heavy atom. The van der Waals surface area contributed by atoms with E-state index in [0.717, 1.165) is 4.88 Å². The highest BCUT2D eigenvalue weighted by Gasteiger charge is 2.26. The van der Waals surface area contributed by atoms with Crippen LogP contribution in [-0.2, 0) is 9.53 Å². The van der Waals surface area contributed by atoms with Crippen LogP contribution in [0.1, 0.15) is 4.88 Å². The Hall–Kier alpha value is -0.840. The SMILES string of the molecule is O=C1OC(c2cccs2)=NC1=C(Cl)Cl. The summed E-state index contributed by atoms with van der Waals surface area (Å²) in [5.74, 6) is -0.368. The molecule has 0 radical (unpaired) electrons. The molecule has 1 aliphatic rings. The molecule has 0 bridgehead atoms. The molecular weight excluding hydrogens is 245 g/mol. The first kappa shape index (κ1) is 9.71. The Labute approximate surface area is 93.6 Å². The first-order valence-corrected chi connectivity index (χ1v) is 5.22. The van der Waals surface area contributed by atoms with Gasteiger partial charge in [-0.25, -0.2) is 9.79 Å². The number of ether oxygens (including phenoxy) is 1. The zero-order valence-electron chi connectivity index (χ0n) is 6.66. The first-order chi connectivity index (χ1) is 6.68. The fraction of sp³-hybridized carbons (Fsp3) is 0. The molecule has 0 spiro atoms. The highest BCUT2D eigenvalue weighted by molar-refractivity contribution is 7.12. The van der Waals surface area contributed by atoms with Gasteiger partial charge in [0.1, 0.15) is 4.49 Å². The number of aliphatic imine (C=N–C) groups is 1. The molecule has 3 nitrogen and oxygen atoms in total. The number of hydrogen-bond donors (Lipinski definition) is 0. The van der Waals surface area contributed by atoms with Crippen LogP contribution in [0, 0.1) is 0 Å². The fourth-order valence-corrected chi connectivity index (χ4v) is 1.82. The monoisotopic (exact) mass is 247 g/mol. The minimum Gasteiger partial charge on any atom is -0.401 e. The van der Waals surface area contributed by atoms with Gasteiger partial charge in [-0.15, -0.1) is 11.3 Å². The molecule has 1 aliphatic heterocycles. The van der Waals surface area contributed by atoms with Gasteiger partial charge in [-0.05, 0) is 11.4 Å². The number of carbonyl (C=O) groups is 1. The molecule has 0 saturated carbocycles. The lowest BCUT2D eigenvalue weighted by molar-refractivity contribution is -0.130. The Bertz CT molecular complexity index is 432. The van der Waals surface area contributed by atoms with Gasteiger partial charge in [0, 0.05) is 0 Å². The minimum atomic E-state index is -0.617. The van der Waals surface area contributed by atoms with Gasteiger partial charge in [0.15, 0.2) is 5.70 Å². The molecule has 0 aliphatic carbocycles. The largest absolute Gasteiger partial charge is 0.401 e. The third-order valence-corrected chi connectivity index (χ3v) is 2.72. The zero-order valence-corrected chi connectivity index (χ0v) is 8.99. The molecular formula is C8H3Cl2NO2S. The molecule has 0 fully saturated rings. The Kier molecular flexibility index (Phi) is 2.58. The lowest BCUT2D eigenvalue weighted by atomic mass is 10.5. The van der Waals surface area contributed by atoms with Crippen LogP contribution >= 0.6 is 34.5 Å². The third kappa shape index (κ3) is 1.68. The number of carbonyl (C=O) groups excluding carboxylic acids is 1. The highest BCUT2D eigenvalue weighted by Crippen LogP contribution is 2.24. The first-order valence-electron chi connectivity index (χ1n) is 3.58. The van der Waals surface area contributed by atoms with Gasteiger partial charge in [-0.3, -0.25) is 0 Å². The number of hydrogen-bond acceptors (Lipinski definition) is 4.